The van der Waals surface area contributed by atoms with Crippen LogP contribution in [0.15, 0.2) is 42.9 Å². The third-order valence-electron chi connectivity index (χ3n) is 6.39. The largest absolute Gasteiger partial charge is 0.356 e. The molecule has 6 rings (SSSR count). The molecule has 10 heteroatoms. The number of aromatic nitrogens is 4. The minimum absolute atomic E-state index is 0.102. The molecule has 3 aromatic rings. The molecule has 0 unspecified atom stereocenters. The van der Waals surface area contributed by atoms with Crippen LogP contribution in [0.3, 0.4) is 0 Å². The molecule has 2 aromatic heterocycles. The van der Waals surface area contributed by atoms with E-state index in [1.54, 1.807) is 6.20 Å². The summed E-state index contributed by atoms with van der Waals surface area (Å²) in [6.07, 6.45) is 5.39. The summed E-state index contributed by atoms with van der Waals surface area (Å²) in [7, 11) is 0. The normalized spacial score (nSPS) is 21.2. The predicted octanol–water partition coefficient (Wildman–Crippen LogP) is 2.90. The summed E-state index contributed by atoms with van der Waals surface area (Å²) in [6, 6.07) is 9.78. The van der Waals surface area contributed by atoms with Crippen LogP contribution in [0.5, 0.6) is 0 Å². The average molecular weight is 493 g/mol. The second kappa shape index (κ2) is 11.1. The number of nitrogens with one attached hydrogen (secondary N) is 2. The summed E-state index contributed by atoms with van der Waals surface area (Å²) < 4.78 is 0. The van der Waals surface area contributed by atoms with Crippen LogP contribution < -0.4 is 10.6 Å². The molecule has 9 nitrogen and oxygen atoms in total. The number of pyridine rings is 1. The van der Waals surface area contributed by atoms with Gasteiger partial charge in [-0.15, -0.1) is 0 Å². The SMILES string of the molecule is O=C1CCN2CCN(CC2)Cc2cc(ccc2Cl)Nc2ncnc(n2)-c2ccnc(c2)CCCN1. The van der Waals surface area contributed by atoms with Crippen LogP contribution in [0.1, 0.15) is 24.1 Å². The van der Waals surface area contributed by atoms with Crippen molar-refractivity contribution in [3.05, 3.63) is 59.1 Å². The first-order valence-corrected chi connectivity index (χ1v) is 12.4. The molecule has 0 atom stereocenters. The molecule has 2 N–H and O–H groups in total. The lowest BCUT2D eigenvalue weighted by Crippen LogP contribution is -2.46. The van der Waals surface area contributed by atoms with Crippen LogP contribution in [0.4, 0.5) is 11.6 Å². The summed E-state index contributed by atoms with van der Waals surface area (Å²) in [5.41, 5.74) is 3.75. The number of carbonyl (C=O) groups excluding carboxylic acids is 1. The zero-order valence-corrected chi connectivity index (χ0v) is 20.3. The molecule has 0 spiro atoms. The van der Waals surface area contributed by atoms with Crippen LogP contribution in [0, 0.1) is 0 Å². The maximum absolute atomic E-state index is 12.3. The van der Waals surface area contributed by atoms with Gasteiger partial charge in [-0.1, -0.05) is 11.6 Å². The van der Waals surface area contributed by atoms with Gasteiger partial charge < -0.3 is 15.5 Å². The molecule has 8 bridgehead atoms. The Kier molecular flexibility index (Phi) is 7.46. The molecule has 0 aliphatic carbocycles. The van der Waals surface area contributed by atoms with Crippen molar-refractivity contribution in [1.29, 1.82) is 0 Å². The number of anilines is 2. The third kappa shape index (κ3) is 6.30. The van der Waals surface area contributed by atoms with E-state index in [2.05, 4.69) is 46.4 Å². The number of halogens is 1. The monoisotopic (exact) mass is 492 g/mol. The lowest BCUT2D eigenvalue weighted by atomic mass is 10.1. The number of carbonyl (C=O) groups is 1. The lowest BCUT2D eigenvalue weighted by molar-refractivity contribution is -0.121. The number of fused-ring (bicyclic) bond motifs is 8. The second-order valence-electron chi connectivity index (χ2n) is 8.92. The molecule has 1 aromatic carbocycles. The van der Waals surface area contributed by atoms with Crippen molar-refractivity contribution >= 4 is 29.1 Å². The predicted molar refractivity (Wildman–Crippen MR) is 135 cm³/mol. The fraction of sp³-hybridized carbons (Fsp3) is 0.400. The fourth-order valence-electron chi connectivity index (χ4n) is 4.41. The van der Waals surface area contributed by atoms with E-state index in [9.17, 15) is 4.79 Å². The van der Waals surface area contributed by atoms with Gasteiger partial charge >= 0.3 is 0 Å². The summed E-state index contributed by atoms with van der Waals surface area (Å²) in [6.45, 7) is 5.96. The summed E-state index contributed by atoms with van der Waals surface area (Å²) in [5.74, 6) is 1.15. The van der Waals surface area contributed by atoms with E-state index in [1.165, 1.54) is 6.33 Å². The summed E-state index contributed by atoms with van der Waals surface area (Å²) in [5, 5.41) is 7.08. The molecule has 3 aliphatic heterocycles. The smallest absolute Gasteiger partial charge is 0.230 e. The Labute approximate surface area is 210 Å². The van der Waals surface area contributed by atoms with Crippen molar-refractivity contribution in [2.45, 2.75) is 25.8 Å². The summed E-state index contributed by atoms with van der Waals surface area (Å²) >= 11 is 6.53. The first-order chi connectivity index (χ1) is 17.1. The molecular weight excluding hydrogens is 464 g/mol. The number of amides is 1. The molecule has 1 fully saturated rings. The third-order valence-corrected chi connectivity index (χ3v) is 6.76. The maximum atomic E-state index is 12.3. The molecule has 3 aliphatic rings. The Hall–Kier alpha value is -3.14. The molecule has 1 saturated heterocycles. The molecule has 0 radical (unpaired) electrons. The van der Waals surface area contributed by atoms with Crippen LogP contribution in [-0.2, 0) is 17.8 Å². The highest BCUT2D eigenvalue weighted by atomic mass is 35.5. The van der Waals surface area contributed by atoms with E-state index in [0.29, 0.717) is 24.7 Å². The number of benzene rings is 1. The van der Waals surface area contributed by atoms with Crippen molar-refractivity contribution in [3.8, 4) is 11.4 Å². The van der Waals surface area contributed by atoms with Gasteiger partial charge in [-0.2, -0.15) is 4.98 Å². The Morgan fingerprint density at radius 2 is 1.77 bits per heavy atom. The van der Waals surface area contributed by atoms with Gasteiger partial charge in [0.25, 0.3) is 0 Å². The number of piperazine rings is 1. The minimum atomic E-state index is 0.102. The standard InChI is InChI=1S/C25H29ClN8O/c26-22-4-3-21-15-19(22)16-34-12-10-33(11-13-34)9-6-23(35)28-7-1-2-20-14-18(5-8-27-20)24-29-17-30-25(31-21)32-24/h3-5,8,14-15,17H,1-2,6-7,9-13,16H2,(H,28,35)(H,29,30,31,32). The average Bonchev–Trinajstić information content (AvgIpc) is 2.88. The molecule has 1 amide bonds. The van der Waals surface area contributed by atoms with Crippen molar-refractivity contribution < 1.29 is 4.79 Å². The maximum Gasteiger partial charge on any atom is 0.230 e. The van der Waals surface area contributed by atoms with Crippen LogP contribution in [-0.4, -0.2) is 74.9 Å². The van der Waals surface area contributed by atoms with Gasteiger partial charge in [-0.05, 0) is 48.7 Å². The summed E-state index contributed by atoms with van der Waals surface area (Å²) in [4.78, 5) is 34.8. The number of aryl methyl sites for hydroxylation is 1. The topological polar surface area (TPSA) is 99.2 Å². The van der Waals surface area contributed by atoms with Crippen molar-refractivity contribution in [3.63, 3.8) is 0 Å². The highest BCUT2D eigenvalue weighted by Gasteiger charge is 2.19. The van der Waals surface area contributed by atoms with E-state index in [-0.39, 0.29) is 5.91 Å². The fourth-order valence-corrected chi connectivity index (χ4v) is 4.59. The van der Waals surface area contributed by atoms with Crippen molar-refractivity contribution in [2.24, 2.45) is 0 Å². The van der Waals surface area contributed by atoms with Gasteiger partial charge in [0.1, 0.15) is 6.33 Å². The Morgan fingerprint density at radius 1 is 0.914 bits per heavy atom. The van der Waals surface area contributed by atoms with Crippen LogP contribution in [0.25, 0.3) is 11.4 Å². The van der Waals surface area contributed by atoms with E-state index in [1.807, 2.05) is 24.3 Å². The molecule has 182 valence electrons. The van der Waals surface area contributed by atoms with E-state index < -0.39 is 0 Å². The van der Waals surface area contributed by atoms with Gasteiger partial charge in [0.15, 0.2) is 5.82 Å². The van der Waals surface area contributed by atoms with Gasteiger partial charge in [0.05, 0.1) is 0 Å². The zero-order chi connectivity index (χ0) is 24.0. The van der Waals surface area contributed by atoms with Gasteiger partial charge in [0, 0.05) is 80.4 Å². The van der Waals surface area contributed by atoms with Crippen LogP contribution in [0.2, 0.25) is 5.02 Å². The Bertz CT molecular complexity index is 1180. The van der Waals surface area contributed by atoms with Gasteiger partial charge in [0.2, 0.25) is 11.9 Å². The van der Waals surface area contributed by atoms with E-state index >= 15 is 0 Å². The number of hydrogen-bond donors (Lipinski definition) is 2. The minimum Gasteiger partial charge on any atom is -0.356 e. The number of hydrogen-bond acceptors (Lipinski definition) is 8. The quantitative estimate of drug-likeness (QED) is 0.494. The molecule has 0 saturated carbocycles. The van der Waals surface area contributed by atoms with Crippen molar-refractivity contribution in [1.82, 2.24) is 35.1 Å². The van der Waals surface area contributed by atoms with Gasteiger partial charge in [-0.25, -0.2) is 9.97 Å². The molecule has 5 heterocycles. The molecule has 35 heavy (non-hydrogen) atoms. The highest BCUT2D eigenvalue weighted by Crippen LogP contribution is 2.25. The van der Waals surface area contributed by atoms with Gasteiger partial charge in [-0.3, -0.25) is 14.7 Å². The van der Waals surface area contributed by atoms with Crippen molar-refractivity contribution in [2.75, 3.05) is 44.6 Å². The Morgan fingerprint density at radius 3 is 2.66 bits per heavy atom. The molecular formula is C25H29ClN8O. The first kappa shape index (κ1) is 23.6. The lowest BCUT2D eigenvalue weighted by Gasteiger charge is -2.34. The second-order valence-corrected chi connectivity index (χ2v) is 9.33. The highest BCUT2D eigenvalue weighted by molar-refractivity contribution is 6.31. The Balaban J connectivity index is 1.40. The zero-order valence-electron chi connectivity index (χ0n) is 19.6. The number of nitrogens with zero attached hydrogens (tertiary/aromatic N) is 6. The first-order valence-electron chi connectivity index (χ1n) is 12.0. The van der Waals surface area contributed by atoms with E-state index in [0.717, 1.165) is 79.6 Å². The van der Waals surface area contributed by atoms with Crippen LogP contribution >= 0.6 is 11.6 Å². The van der Waals surface area contributed by atoms with E-state index in [4.69, 9.17) is 11.6 Å². The number of rotatable bonds is 0.